The van der Waals surface area contributed by atoms with Crippen molar-refractivity contribution in [3.05, 3.63) is 27.7 Å². The number of alkyl halides is 1. The van der Waals surface area contributed by atoms with Crippen molar-refractivity contribution in [2.75, 3.05) is 24.8 Å². The Morgan fingerprint density at radius 3 is 2.74 bits per heavy atom. The molecule has 4 nitrogen and oxygen atoms in total. The molecule has 0 bridgehead atoms. The topological polar surface area (TPSA) is 55.6 Å². The van der Waals surface area contributed by atoms with Gasteiger partial charge in [0.1, 0.15) is 6.61 Å². The third-order valence-electron chi connectivity index (χ3n) is 4.38. The van der Waals surface area contributed by atoms with Gasteiger partial charge in [-0.25, -0.2) is 4.79 Å². The molecule has 1 aromatic rings. The number of hydrogen-bond acceptors (Lipinski definition) is 4. The first kappa shape index (κ1) is 18.6. The summed E-state index contributed by atoms with van der Waals surface area (Å²) in [4.78, 5) is 14.5. The molecule has 0 aromatic heterocycles. The number of anilines is 1. The van der Waals surface area contributed by atoms with Gasteiger partial charge in [-0.2, -0.15) is 0 Å². The van der Waals surface area contributed by atoms with Crippen LogP contribution in [0.3, 0.4) is 0 Å². The number of benzene rings is 1. The molecule has 1 aliphatic rings. The molecule has 1 aliphatic carbocycles. The lowest BCUT2D eigenvalue weighted by atomic mass is 10.1. The van der Waals surface area contributed by atoms with E-state index in [9.17, 15) is 4.79 Å². The molecule has 1 aromatic carbocycles. The number of nitrogen functional groups attached to an aromatic ring is 1. The minimum absolute atomic E-state index is 0.209. The molecule has 0 atom stereocenters. The zero-order valence-electron chi connectivity index (χ0n) is 13.5. The third-order valence-corrected chi connectivity index (χ3v) is 5.19. The van der Waals surface area contributed by atoms with Gasteiger partial charge >= 0.3 is 5.97 Å². The summed E-state index contributed by atoms with van der Waals surface area (Å²) in [5.74, 6) is -0.0726. The lowest BCUT2D eigenvalue weighted by Crippen LogP contribution is -2.32. The standard InChI is InChI=1S/C17H24BrClN2O2/c1-2-21(14-5-3-4-6-14)11-13-9-12(10-15(18)16(13)20)17(22)23-8-7-19/h9-10,14H,2-8,11,20H2,1H3. The van der Waals surface area contributed by atoms with Gasteiger partial charge in [0.05, 0.1) is 17.1 Å². The van der Waals surface area contributed by atoms with Gasteiger partial charge in [0.2, 0.25) is 0 Å². The molecule has 0 saturated heterocycles. The second-order valence-corrected chi connectivity index (χ2v) is 7.09. The molecule has 1 saturated carbocycles. The average Bonchev–Trinajstić information content (AvgIpc) is 3.08. The van der Waals surface area contributed by atoms with Crippen molar-refractivity contribution in [1.82, 2.24) is 4.90 Å². The minimum atomic E-state index is -0.364. The fraction of sp³-hybridized carbons (Fsp3) is 0.588. The Morgan fingerprint density at radius 1 is 1.43 bits per heavy atom. The maximum absolute atomic E-state index is 12.1. The van der Waals surface area contributed by atoms with E-state index in [0.29, 0.717) is 23.2 Å². The van der Waals surface area contributed by atoms with Crippen LogP contribution in [0.1, 0.15) is 48.5 Å². The molecular weight excluding hydrogens is 380 g/mol. The second-order valence-electron chi connectivity index (χ2n) is 5.86. The maximum atomic E-state index is 12.1. The van der Waals surface area contributed by atoms with Crippen molar-refractivity contribution >= 4 is 39.2 Å². The summed E-state index contributed by atoms with van der Waals surface area (Å²) >= 11 is 9.02. The Hall–Kier alpha value is -0.780. The van der Waals surface area contributed by atoms with E-state index in [1.54, 1.807) is 6.07 Å². The Morgan fingerprint density at radius 2 is 2.13 bits per heavy atom. The number of esters is 1. The van der Waals surface area contributed by atoms with E-state index in [2.05, 4.69) is 27.8 Å². The van der Waals surface area contributed by atoms with Crippen LogP contribution in [-0.4, -0.2) is 35.9 Å². The largest absolute Gasteiger partial charge is 0.461 e. The van der Waals surface area contributed by atoms with Crippen LogP contribution in [0.4, 0.5) is 5.69 Å². The van der Waals surface area contributed by atoms with Gasteiger partial charge in [-0.05, 0) is 53.0 Å². The number of carbonyl (C=O) groups excluding carboxylic acids is 1. The molecule has 128 valence electrons. The van der Waals surface area contributed by atoms with Crippen LogP contribution in [0.5, 0.6) is 0 Å². The molecule has 0 aliphatic heterocycles. The summed E-state index contributed by atoms with van der Waals surface area (Å²) < 4.78 is 5.84. The number of halogens is 2. The highest BCUT2D eigenvalue weighted by Gasteiger charge is 2.23. The summed E-state index contributed by atoms with van der Waals surface area (Å²) in [6.45, 7) is 4.11. The lowest BCUT2D eigenvalue weighted by molar-refractivity contribution is 0.0529. The molecule has 6 heteroatoms. The summed E-state index contributed by atoms with van der Waals surface area (Å²) in [5, 5.41) is 0. The molecule has 0 amide bonds. The van der Waals surface area contributed by atoms with Gasteiger partial charge in [-0.1, -0.05) is 19.8 Å². The van der Waals surface area contributed by atoms with Crippen molar-refractivity contribution in [3.8, 4) is 0 Å². The first-order chi connectivity index (χ1) is 11.1. The van der Waals surface area contributed by atoms with E-state index in [4.69, 9.17) is 22.1 Å². The molecule has 0 unspecified atom stereocenters. The zero-order chi connectivity index (χ0) is 16.8. The van der Waals surface area contributed by atoms with E-state index in [-0.39, 0.29) is 12.6 Å². The second kappa shape index (κ2) is 8.90. The van der Waals surface area contributed by atoms with Crippen LogP contribution in [0.2, 0.25) is 0 Å². The van der Waals surface area contributed by atoms with Gasteiger partial charge in [0.25, 0.3) is 0 Å². The van der Waals surface area contributed by atoms with Crippen molar-refractivity contribution in [3.63, 3.8) is 0 Å². The van der Waals surface area contributed by atoms with E-state index in [1.807, 2.05) is 6.07 Å². The average molecular weight is 404 g/mol. The van der Waals surface area contributed by atoms with Crippen LogP contribution in [0, 0.1) is 0 Å². The number of nitrogens with zero attached hydrogens (tertiary/aromatic N) is 1. The normalized spacial score (nSPS) is 15.3. The monoisotopic (exact) mass is 402 g/mol. The molecule has 23 heavy (non-hydrogen) atoms. The first-order valence-electron chi connectivity index (χ1n) is 8.11. The minimum Gasteiger partial charge on any atom is -0.461 e. The third kappa shape index (κ3) is 4.85. The van der Waals surface area contributed by atoms with E-state index in [1.165, 1.54) is 25.7 Å². The smallest absolute Gasteiger partial charge is 0.338 e. The lowest BCUT2D eigenvalue weighted by Gasteiger charge is -2.28. The Balaban J connectivity index is 2.19. The van der Waals surface area contributed by atoms with Crippen molar-refractivity contribution < 1.29 is 9.53 Å². The molecule has 1 fully saturated rings. The summed E-state index contributed by atoms with van der Waals surface area (Å²) in [7, 11) is 0. The van der Waals surface area contributed by atoms with Crippen LogP contribution >= 0.6 is 27.5 Å². The van der Waals surface area contributed by atoms with Crippen molar-refractivity contribution in [2.45, 2.75) is 45.2 Å². The SMILES string of the molecule is CCN(Cc1cc(C(=O)OCCCl)cc(Br)c1N)C1CCCC1. The fourth-order valence-corrected chi connectivity index (χ4v) is 3.70. The molecule has 2 rings (SSSR count). The number of hydrogen-bond donors (Lipinski definition) is 1. The predicted molar refractivity (Wildman–Crippen MR) is 97.9 cm³/mol. The summed E-state index contributed by atoms with van der Waals surface area (Å²) in [6.07, 6.45) is 5.08. The fourth-order valence-electron chi connectivity index (χ4n) is 3.13. The molecule has 2 N–H and O–H groups in total. The van der Waals surface area contributed by atoms with E-state index >= 15 is 0 Å². The van der Waals surface area contributed by atoms with Crippen LogP contribution < -0.4 is 5.73 Å². The molecular formula is C17H24BrClN2O2. The maximum Gasteiger partial charge on any atom is 0.338 e. The predicted octanol–water partition coefficient (Wildman–Crippen LogP) is 4.19. The van der Waals surface area contributed by atoms with Gasteiger partial charge in [0, 0.05) is 17.1 Å². The quantitative estimate of drug-likeness (QED) is 0.421. The summed E-state index contributed by atoms with van der Waals surface area (Å²) in [5.41, 5.74) is 8.37. The van der Waals surface area contributed by atoms with Crippen LogP contribution in [0.25, 0.3) is 0 Å². The zero-order valence-corrected chi connectivity index (χ0v) is 15.8. The Labute approximate surface area is 151 Å². The highest BCUT2D eigenvalue weighted by molar-refractivity contribution is 9.10. The molecule has 0 heterocycles. The number of rotatable bonds is 7. The van der Waals surface area contributed by atoms with Gasteiger partial charge in [-0.15, -0.1) is 11.6 Å². The van der Waals surface area contributed by atoms with Crippen LogP contribution in [0.15, 0.2) is 16.6 Å². The number of carbonyl (C=O) groups is 1. The Kier molecular flexibility index (Phi) is 7.18. The van der Waals surface area contributed by atoms with Gasteiger partial charge < -0.3 is 10.5 Å². The number of nitrogens with two attached hydrogens (primary N) is 1. The first-order valence-corrected chi connectivity index (χ1v) is 9.44. The van der Waals surface area contributed by atoms with E-state index < -0.39 is 0 Å². The van der Waals surface area contributed by atoms with Crippen LogP contribution in [-0.2, 0) is 11.3 Å². The molecule has 0 spiro atoms. The van der Waals surface area contributed by atoms with E-state index in [0.717, 1.165) is 23.1 Å². The Bertz CT molecular complexity index is 548. The molecule has 0 radical (unpaired) electrons. The highest BCUT2D eigenvalue weighted by Crippen LogP contribution is 2.30. The highest BCUT2D eigenvalue weighted by atomic mass is 79.9. The summed E-state index contributed by atoms with van der Waals surface area (Å²) in [6, 6.07) is 4.17. The van der Waals surface area contributed by atoms with Gasteiger partial charge in [-0.3, -0.25) is 4.90 Å². The van der Waals surface area contributed by atoms with Crippen molar-refractivity contribution in [2.24, 2.45) is 0 Å². The van der Waals surface area contributed by atoms with Crippen molar-refractivity contribution in [1.29, 1.82) is 0 Å². The van der Waals surface area contributed by atoms with Gasteiger partial charge in [0.15, 0.2) is 0 Å². The number of ether oxygens (including phenoxy) is 1.